The van der Waals surface area contributed by atoms with Crippen molar-refractivity contribution in [3.05, 3.63) is 50.3 Å². The first kappa shape index (κ1) is 12.0. The molecule has 18 heavy (non-hydrogen) atoms. The van der Waals surface area contributed by atoms with Gasteiger partial charge < -0.3 is 10.1 Å². The molecular weight excluding hydrogens is 234 g/mol. The number of hydrogen-bond acceptors (Lipinski definition) is 5. The van der Waals surface area contributed by atoms with Gasteiger partial charge in [-0.3, -0.25) is 14.4 Å². The van der Waals surface area contributed by atoms with Gasteiger partial charge in [0, 0.05) is 11.3 Å². The Morgan fingerprint density at radius 3 is 2.22 bits per heavy atom. The fourth-order valence-corrected chi connectivity index (χ4v) is 1.61. The summed E-state index contributed by atoms with van der Waals surface area (Å²) in [6.07, 6.45) is 0. The Morgan fingerprint density at radius 2 is 1.72 bits per heavy atom. The molecule has 0 aliphatic carbocycles. The van der Waals surface area contributed by atoms with Gasteiger partial charge in [0.15, 0.2) is 11.5 Å². The molecule has 0 spiro atoms. The van der Waals surface area contributed by atoms with Crippen LogP contribution in [0.2, 0.25) is 0 Å². The van der Waals surface area contributed by atoms with Crippen molar-refractivity contribution in [1.82, 2.24) is 0 Å². The van der Waals surface area contributed by atoms with Gasteiger partial charge in [0.05, 0.1) is 7.11 Å². The van der Waals surface area contributed by atoms with E-state index in [9.17, 15) is 14.4 Å². The number of benzene rings is 1. The summed E-state index contributed by atoms with van der Waals surface area (Å²) in [5.74, 6) is 0.00360. The number of ketones is 1. The second-order valence-electron chi connectivity index (χ2n) is 3.83. The molecule has 5 nitrogen and oxygen atoms in total. The van der Waals surface area contributed by atoms with Crippen LogP contribution >= 0.6 is 0 Å². The molecule has 0 saturated heterocycles. The Hall–Kier alpha value is -2.43. The van der Waals surface area contributed by atoms with E-state index >= 15 is 0 Å². The maximum atomic E-state index is 11.3. The number of nitrogens with one attached hydrogen (secondary N) is 1. The lowest BCUT2D eigenvalue weighted by molar-refractivity contribution is 0.101. The highest BCUT2D eigenvalue weighted by Crippen LogP contribution is 2.22. The Bertz CT molecular complexity index is 663. The summed E-state index contributed by atoms with van der Waals surface area (Å²) < 4.78 is 4.81. The molecule has 0 saturated carbocycles. The topological polar surface area (TPSA) is 72.5 Å². The number of methoxy groups -OCH3 is 1. The van der Waals surface area contributed by atoms with Crippen molar-refractivity contribution in [3.8, 4) is 5.75 Å². The molecule has 0 amide bonds. The van der Waals surface area contributed by atoms with Crippen molar-refractivity contribution < 1.29 is 9.53 Å². The maximum absolute atomic E-state index is 11.3. The normalized spacial score (nSPS) is 10.3. The number of carbonyl (C=O) groups is 1. The predicted molar refractivity (Wildman–Crippen MR) is 67.6 cm³/mol. The third-order valence-electron chi connectivity index (χ3n) is 2.63. The van der Waals surface area contributed by atoms with E-state index in [2.05, 4.69) is 5.32 Å². The van der Waals surface area contributed by atoms with Crippen molar-refractivity contribution in [2.24, 2.45) is 0 Å². The number of ether oxygens (including phenoxy) is 1. The first-order valence-electron chi connectivity index (χ1n) is 5.30. The molecule has 0 bridgehead atoms. The highest BCUT2D eigenvalue weighted by atomic mass is 16.5. The summed E-state index contributed by atoms with van der Waals surface area (Å²) in [7, 11) is 1.33. The second-order valence-corrected chi connectivity index (χ2v) is 3.83. The molecule has 0 radical (unpaired) electrons. The molecule has 0 unspecified atom stereocenters. The summed E-state index contributed by atoms with van der Waals surface area (Å²) in [5.41, 5.74) is 0.129. The standard InChI is InChI=1S/C13H11NO4/c1-7(15)8-3-5-9(6-4-8)14-10-11(16)12(17)13(10)18-2/h3-6,14H,1-2H3. The molecule has 0 aromatic heterocycles. The molecule has 2 aromatic rings. The molecule has 0 fully saturated rings. The molecule has 0 heterocycles. The average molecular weight is 245 g/mol. The lowest BCUT2D eigenvalue weighted by Crippen LogP contribution is -2.34. The second kappa shape index (κ2) is 4.44. The largest absolute Gasteiger partial charge is 0.491 e. The van der Waals surface area contributed by atoms with Gasteiger partial charge in [0.2, 0.25) is 0 Å². The van der Waals surface area contributed by atoms with Gasteiger partial charge in [0.25, 0.3) is 10.9 Å². The van der Waals surface area contributed by atoms with Gasteiger partial charge in [-0.25, -0.2) is 0 Å². The van der Waals surface area contributed by atoms with Gasteiger partial charge >= 0.3 is 0 Å². The minimum absolute atomic E-state index is 0.0340. The smallest absolute Gasteiger partial charge is 0.272 e. The lowest BCUT2D eigenvalue weighted by Gasteiger charge is -2.11. The van der Waals surface area contributed by atoms with Crippen LogP contribution in [-0.4, -0.2) is 12.9 Å². The summed E-state index contributed by atoms with van der Waals surface area (Å²) in [6.45, 7) is 1.47. The van der Waals surface area contributed by atoms with Crippen LogP contribution in [-0.2, 0) is 0 Å². The Kier molecular flexibility index (Phi) is 2.97. The zero-order valence-corrected chi connectivity index (χ0v) is 9.94. The van der Waals surface area contributed by atoms with Gasteiger partial charge in [-0.15, -0.1) is 0 Å². The first-order chi connectivity index (χ1) is 8.54. The van der Waals surface area contributed by atoms with Gasteiger partial charge in [0.1, 0.15) is 5.69 Å². The summed E-state index contributed by atoms with van der Waals surface area (Å²) in [6, 6.07) is 6.60. The van der Waals surface area contributed by atoms with E-state index in [1.165, 1.54) is 14.0 Å². The molecule has 0 aliphatic heterocycles. The minimum Gasteiger partial charge on any atom is -0.491 e. The molecule has 2 rings (SSSR count). The summed E-state index contributed by atoms with van der Waals surface area (Å²) in [5, 5.41) is 2.80. The van der Waals surface area contributed by atoms with Crippen LogP contribution in [0, 0.1) is 0 Å². The third-order valence-corrected chi connectivity index (χ3v) is 2.63. The Balaban J connectivity index is 2.24. The van der Waals surface area contributed by atoms with Crippen LogP contribution < -0.4 is 20.9 Å². The highest BCUT2D eigenvalue weighted by molar-refractivity contribution is 5.94. The van der Waals surface area contributed by atoms with E-state index in [4.69, 9.17) is 4.74 Å². The van der Waals surface area contributed by atoms with E-state index in [-0.39, 0.29) is 17.2 Å². The van der Waals surface area contributed by atoms with Crippen molar-refractivity contribution in [3.63, 3.8) is 0 Å². The van der Waals surface area contributed by atoms with Crippen LogP contribution in [0.3, 0.4) is 0 Å². The SMILES string of the molecule is COc1c(Nc2ccc(C(C)=O)cc2)c(=O)c1=O. The van der Waals surface area contributed by atoms with Crippen LogP contribution in [0.15, 0.2) is 33.9 Å². The molecule has 0 atom stereocenters. The minimum atomic E-state index is -0.625. The van der Waals surface area contributed by atoms with Gasteiger partial charge in [-0.05, 0) is 31.2 Å². The zero-order valence-electron chi connectivity index (χ0n) is 9.94. The van der Waals surface area contributed by atoms with Crippen LogP contribution in [0.5, 0.6) is 5.75 Å². The summed E-state index contributed by atoms with van der Waals surface area (Å²) in [4.78, 5) is 33.5. The zero-order chi connectivity index (χ0) is 13.3. The van der Waals surface area contributed by atoms with Crippen molar-refractivity contribution in [2.45, 2.75) is 6.92 Å². The fraction of sp³-hybridized carbons (Fsp3) is 0.154. The average Bonchev–Trinajstić information content (AvgIpc) is 2.38. The van der Waals surface area contributed by atoms with E-state index < -0.39 is 10.9 Å². The maximum Gasteiger partial charge on any atom is 0.272 e. The van der Waals surface area contributed by atoms with E-state index in [1.807, 2.05) is 0 Å². The van der Waals surface area contributed by atoms with Gasteiger partial charge in [-0.1, -0.05) is 0 Å². The summed E-state index contributed by atoms with van der Waals surface area (Å²) >= 11 is 0. The van der Waals surface area contributed by atoms with Gasteiger partial charge in [-0.2, -0.15) is 0 Å². The van der Waals surface area contributed by atoms with E-state index in [0.717, 1.165) is 0 Å². The molecule has 0 aliphatic rings. The highest BCUT2D eigenvalue weighted by Gasteiger charge is 2.21. The lowest BCUT2D eigenvalue weighted by atomic mass is 10.1. The van der Waals surface area contributed by atoms with Crippen molar-refractivity contribution in [2.75, 3.05) is 12.4 Å². The Labute approximate surface area is 103 Å². The number of Topliss-reactive ketones (excluding diaryl/α,β-unsaturated/α-hetero) is 1. The monoisotopic (exact) mass is 245 g/mol. The molecule has 1 N–H and O–H groups in total. The molecule has 5 heteroatoms. The van der Waals surface area contributed by atoms with Crippen LogP contribution in [0.4, 0.5) is 11.4 Å². The fourth-order valence-electron chi connectivity index (χ4n) is 1.61. The third kappa shape index (κ3) is 1.90. The van der Waals surface area contributed by atoms with Crippen LogP contribution in [0.1, 0.15) is 17.3 Å². The van der Waals surface area contributed by atoms with Crippen LogP contribution in [0.25, 0.3) is 0 Å². The number of rotatable bonds is 4. The van der Waals surface area contributed by atoms with E-state index in [1.54, 1.807) is 24.3 Å². The quantitative estimate of drug-likeness (QED) is 0.648. The predicted octanol–water partition coefficient (Wildman–Crippen LogP) is 1.24. The molecular formula is C13H11NO4. The Morgan fingerprint density at radius 1 is 1.11 bits per heavy atom. The van der Waals surface area contributed by atoms with Crippen molar-refractivity contribution in [1.29, 1.82) is 0 Å². The first-order valence-corrected chi connectivity index (χ1v) is 5.30. The number of carbonyl (C=O) groups excluding carboxylic acids is 1. The molecule has 92 valence electrons. The van der Waals surface area contributed by atoms with E-state index in [0.29, 0.717) is 11.3 Å². The number of hydrogen-bond donors (Lipinski definition) is 1. The molecule has 2 aromatic carbocycles. The van der Waals surface area contributed by atoms with Crippen molar-refractivity contribution >= 4 is 17.2 Å². The number of anilines is 2.